The van der Waals surface area contributed by atoms with Crippen LogP contribution in [0.4, 0.5) is 10.1 Å². The molecule has 166 valence electrons. The van der Waals surface area contributed by atoms with E-state index < -0.39 is 0 Å². The van der Waals surface area contributed by atoms with E-state index >= 15 is 0 Å². The Morgan fingerprint density at radius 3 is 2.29 bits per heavy atom. The molecular weight excluding hydrogens is 401 g/mol. The Hall–Kier alpha value is -3.13. The van der Waals surface area contributed by atoms with Crippen molar-refractivity contribution in [1.29, 1.82) is 0 Å². The largest absolute Gasteiger partial charge is 0.494 e. The molecule has 0 aromatic heterocycles. The zero-order valence-corrected chi connectivity index (χ0v) is 17.9. The molecule has 0 aliphatic carbocycles. The lowest BCUT2D eigenvalue weighted by Gasteiger charge is -2.34. The molecule has 2 aromatic carbocycles. The van der Waals surface area contributed by atoms with Crippen molar-refractivity contribution in [3.05, 3.63) is 53.8 Å². The van der Waals surface area contributed by atoms with Gasteiger partial charge in [0.25, 0.3) is 5.91 Å². The number of amides is 2. The number of nitrogens with one attached hydrogen (secondary N) is 1. The highest BCUT2D eigenvalue weighted by atomic mass is 19.1. The summed E-state index contributed by atoms with van der Waals surface area (Å²) in [5, 5.41) is 2.90. The fourth-order valence-electron chi connectivity index (χ4n) is 3.42. The average Bonchev–Trinajstić information content (AvgIpc) is 2.76. The van der Waals surface area contributed by atoms with E-state index in [4.69, 9.17) is 9.47 Å². The molecule has 31 heavy (non-hydrogen) atoms. The molecule has 1 aliphatic heterocycles. The second-order valence-corrected chi connectivity index (χ2v) is 7.15. The highest BCUT2D eigenvalue weighted by Crippen LogP contribution is 2.29. The van der Waals surface area contributed by atoms with E-state index in [1.807, 2.05) is 24.8 Å². The maximum atomic E-state index is 13.1. The van der Waals surface area contributed by atoms with Crippen LogP contribution in [-0.2, 0) is 4.79 Å². The van der Waals surface area contributed by atoms with E-state index in [1.54, 1.807) is 17.0 Å². The number of piperazine rings is 1. The zero-order valence-electron chi connectivity index (χ0n) is 17.9. The smallest absolute Gasteiger partial charge is 0.253 e. The quantitative estimate of drug-likeness (QED) is 0.699. The summed E-state index contributed by atoms with van der Waals surface area (Å²) in [6.07, 6.45) is 0. The number of carbonyl (C=O) groups is 2. The van der Waals surface area contributed by atoms with Crippen LogP contribution in [0.1, 0.15) is 24.2 Å². The predicted molar refractivity (Wildman–Crippen MR) is 116 cm³/mol. The monoisotopic (exact) mass is 429 g/mol. The lowest BCUT2D eigenvalue weighted by atomic mass is 10.2. The van der Waals surface area contributed by atoms with E-state index in [0.29, 0.717) is 62.1 Å². The van der Waals surface area contributed by atoms with Crippen LogP contribution in [0.3, 0.4) is 0 Å². The third-order valence-electron chi connectivity index (χ3n) is 4.95. The number of rotatable bonds is 8. The average molecular weight is 429 g/mol. The van der Waals surface area contributed by atoms with E-state index in [-0.39, 0.29) is 24.2 Å². The van der Waals surface area contributed by atoms with Crippen LogP contribution >= 0.6 is 0 Å². The Balaban J connectivity index is 1.53. The molecular formula is C23H28FN3O4. The third-order valence-corrected chi connectivity index (χ3v) is 4.95. The molecule has 1 fully saturated rings. The fraction of sp³-hybridized carbons (Fsp3) is 0.391. The molecule has 1 heterocycles. The molecule has 3 rings (SSSR count). The molecule has 0 spiro atoms. The summed E-state index contributed by atoms with van der Waals surface area (Å²) >= 11 is 0. The molecule has 0 saturated carbocycles. The normalized spacial score (nSPS) is 14.2. The Morgan fingerprint density at radius 1 is 0.968 bits per heavy atom. The SMILES string of the molecule is CCOc1ccc(OCC)c(NC(=O)CN2CCN(C(=O)c3ccc(F)cc3)CC2)c1. The van der Waals surface area contributed by atoms with Gasteiger partial charge in [0.2, 0.25) is 5.91 Å². The van der Waals surface area contributed by atoms with Crippen LogP contribution in [0.25, 0.3) is 0 Å². The van der Waals surface area contributed by atoms with Gasteiger partial charge in [-0.3, -0.25) is 14.5 Å². The van der Waals surface area contributed by atoms with E-state index in [1.165, 1.54) is 24.3 Å². The maximum absolute atomic E-state index is 13.1. The number of nitrogens with zero attached hydrogens (tertiary/aromatic N) is 2. The minimum Gasteiger partial charge on any atom is -0.494 e. The summed E-state index contributed by atoms with van der Waals surface area (Å²) in [7, 11) is 0. The number of halogens is 1. The molecule has 2 amide bonds. The Bertz CT molecular complexity index is 896. The standard InChI is InChI=1S/C23H28FN3O4/c1-3-30-19-9-10-21(31-4-2)20(15-19)25-22(28)16-26-11-13-27(14-12-26)23(29)17-5-7-18(24)8-6-17/h5-10,15H,3-4,11-14,16H2,1-2H3,(H,25,28). The van der Waals surface area contributed by atoms with Gasteiger partial charge in [0.15, 0.2) is 0 Å². The van der Waals surface area contributed by atoms with Gasteiger partial charge in [0.05, 0.1) is 25.4 Å². The number of carbonyl (C=O) groups excluding carboxylic acids is 2. The number of ether oxygens (including phenoxy) is 2. The minimum absolute atomic E-state index is 0.127. The first-order valence-electron chi connectivity index (χ1n) is 10.5. The molecule has 0 atom stereocenters. The number of hydrogen-bond donors (Lipinski definition) is 1. The molecule has 1 aliphatic rings. The molecule has 0 unspecified atom stereocenters. The van der Waals surface area contributed by atoms with Crippen LogP contribution in [0.2, 0.25) is 0 Å². The van der Waals surface area contributed by atoms with E-state index in [2.05, 4.69) is 5.32 Å². The second-order valence-electron chi connectivity index (χ2n) is 7.15. The first-order chi connectivity index (χ1) is 15.0. The molecule has 0 bridgehead atoms. The maximum Gasteiger partial charge on any atom is 0.253 e. The van der Waals surface area contributed by atoms with Crippen molar-refractivity contribution >= 4 is 17.5 Å². The summed E-state index contributed by atoms with van der Waals surface area (Å²) in [6.45, 7) is 7.19. The van der Waals surface area contributed by atoms with Crippen molar-refractivity contribution in [2.75, 3.05) is 51.3 Å². The van der Waals surface area contributed by atoms with Gasteiger partial charge in [-0.1, -0.05) is 0 Å². The lowest BCUT2D eigenvalue weighted by molar-refractivity contribution is -0.117. The number of benzene rings is 2. The van der Waals surface area contributed by atoms with Crippen molar-refractivity contribution in [2.24, 2.45) is 0 Å². The van der Waals surface area contributed by atoms with Crippen molar-refractivity contribution < 1.29 is 23.5 Å². The summed E-state index contributed by atoms with van der Waals surface area (Å²) in [4.78, 5) is 28.9. The molecule has 7 nitrogen and oxygen atoms in total. The predicted octanol–water partition coefficient (Wildman–Crippen LogP) is 3.02. The molecule has 0 radical (unpaired) electrons. The molecule has 1 saturated heterocycles. The van der Waals surface area contributed by atoms with E-state index in [9.17, 15) is 14.0 Å². The fourth-order valence-corrected chi connectivity index (χ4v) is 3.42. The van der Waals surface area contributed by atoms with Gasteiger partial charge in [-0.05, 0) is 50.2 Å². The molecule has 2 aromatic rings. The van der Waals surface area contributed by atoms with Crippen LogP contribution in [-0.4, -0.2) is 67.6 Å². The first kappa shape index (κ1) is 22.6. The Labute approximate surface area is 181 Å². The lowest BCUT2D eigenvalue weighted by Crippen LogP contribution is -2.50. The van der Waals surface area contributed by atoms with Crippen LogP contribution in [0, 0.1) is 5.82 Å². The summed E-state index contributed by atoms with van der Waals surface area (Å²) in [5.74, 6) is 0.598. The highest BCUT2D eigenvalue weighted by Gasteiger charge is 2.23. The van der Waals surface area contributed by atoms with Gasteiger partial charge in [0, 0.05) is 37.8 Å². The summed E-state index contributed by atoms with van der Waals surface area (Å²) < 4.78 is 24.2. The van der Waals surface area contributed by atoms with Gasteiger partial charge < -0.3 is 19.7 Å². The van der Waals surface area contributed by atoms with E-state index in [0.717, 1.165) is 0 Å². The Kier molecular flexibility index (Phi) is 7.83. The van der Waals surface area contributed by atoms with Gasteiger partial charge in [-0.25, -0.2) is 4.39 Å². The van der Waals surface area contributed by atoms with Gasteiger partial charge in [-0.2, -0.15) is 0 Å². The summed E-state index contributed by atoms with van der Waals surface area (Å²) in [5.41, 5.74) is 1.04. The molecule has 1 N–H and O–H groups in total. The van der Waals surface area contributed by atoms with Crippen molar-refractivity contribution in [3.63, 3.8) is 0 Å². The Morgan fingerprint density at radius 2 is 1.65 bits per heavy atom. The van der Waals surface area contributed by atoms with Gasteiger partial charge >= 0.3 is 0 Å². The topological polar surface area (TPSA) is 71.1 Å². The highest BCUT2D eigenvalue weighted by molar-refractivity contribution is 5.95. The van der Waals surface area contributed by atoms with Crippen molar-refractivity contribution in [2.45, 2.75) is 13.8 Å². The number of anilines is 1. The van der Waals surface area contributed by atoms with Crippen LogP contribution < -0.4 is 14.8 Å². The van der Waals surface area contributed by atoms with Crippen LogP contribution in [0.5, 0.6) is 11.5 Å². The molecule has 8 heteroatoms. The van der Waals surface area contributed by atoms with Crippen molar-refractivity contribution in [3.8, 4) is 11.5 Å². The van der Waals surface area contributed by atoms with Gasteiger partial charge in [0.1, 0.15) is 17.3 Å². The van der Waals surface area contributed by atoms with Crippen LogP contribution in [0.15, 0.2) is 42.5 Å². The minimum atomic E-state index is -0.369. The zero-order chi connectivity index (χ0) is 22.2. The third kappa shape index (κ3) is 6.18. The summed E-state index contributed by atoms with van der Waals surface area (Å²) in [6, 6.07) is 10.9. The first-order valence-corrected chi connectivity index (χ1v) is 10.5. The van der Waals surface area contributed by atoms with Crippen molar-refractivity contribution in [1.82, 2.24) is 9.80 Å². The second kappa shape index (κ2) is 10.8. The van der Waals surface area contributed by atoms with Gasteiger partial charge in [-0.15, -0.1) is 0 Å². The number of hydrogen-bond acceptors (Lipinski definition) is 5.